The average Bonchev–Trinajstić information content (AvgIpc) is 3.27. The lowest BCUT2D eigenvalue weighted by Crippen LogP contribution is -2.49. The van der Waals surface area contributed by atoms with E-state index in [1.807, 2.05) is 12.1 Å². The van der Waals surface area contributed by atoms with E-state index >= 15 is 0 Å². The van der Waals surface area contributed by atoms with Crippen molar-refractivity contribution in [3.63, 3.8) is 0 Å². The Kier molecular flexibility index (Phi) is 5.19. The molecule has 0 saturated heterocycles. The Morgan fingerprint density at radius 1 is 1.27 bits per heavy atom. The third kappa shape index (κ3) is 3.72. The van der Waals surface area contributed by atoms with Crippen LogP contribution < -0.4 is 5.32 Å². The summed E-state index contributed by atoms with van der Waals surface area (Å²) in [5, 5.41) is 3.11. The Bertz CT molecular complexity index is 506. The van der Waals surface area contributed by atoms with E-state index in [2.05, 4.69) is 33.4 Å². The molecule has 2 aliphatic carbocycles. The van der Waals surface area contributed by atoms with E-state index in [0.29, 0.717) is 6.54 Å². The number of hydrogen-bond donors (Lipinski definition) is 1. The fourth-order valence-electron chi connectivity index (χ4n) is 3.03. The molecule has 1 amide bonds. The Morgan fingerprint density at radius 2 is 2.00 bits per heavy atom. The summed E-state index contributed by atoms with van der Waals surface area (Å²) in [4.78, 5) is 12.6. The highest BCUT2D eigenvalue weighted by Crippen LogP contribution is 2.44. The molecule has 0 aliphatic heterocycles. The quantitative estimate of drug-likeness (QED) is 0.711. The number of halogens is 1. The number of benzene rings is 1. The van der Waals surface area contributed by atoms with Crippen LogP contribution in [0.3, 0.4) is 0 Å². The monoisotopic (exact) mass is 365 g/mol. The molecule has 3 nitrogen and oxygen atoms in total. The molecule has 22 heavy (non-hydrogen) atoms. The highest BCUT2D eigenvalue weighted by molar-refractivity contribution is 9.10. The number of nitrogens with one attached hydrogen (secondary N) is 1. The molecule has 4 heteroatoms. The van der Waals surface area contributed by atoms with Gasteiger partial charge in [-0.1, -0.05) is 34.5 Å². The Balaban J connectivity index is 1.45. The van der Waals surface area contributed by atoms with Gasteiger partial charge in [-0.25, -0.2) is 0 Å². The molecule has 0 atom stereocenters. The maximum absolute atomic E-state index is 12.6. The first kappa shape index (κ1) is 16.0. The van der Waals surface area contributed by atoms with Gasteiger partial charge < -0.3 is 10.1 Å². The Hall–Kier alpha value is -0.870. The van der Waals surface area contributed by atoms with Gasteiger partial charge in [-0.05, 0) is 55.7 Å². The number of rotatable bonds is 8. The van der Waals surface area contributed by atoms with Crippen LogP contribution in [0.4, 0.5) is 0 Å². The van der Waals surface area contributed by atoms with E-state index in [9.17, 15) is 4.79 Å². The molecule has 2 saturated carbocycles. The summed E-state index contributed by atoms with van der Waals surface area (Å²) >= 11 is 3.46. The minimum atomic E-state index is -0.296. The van der Waals surface area contributed by atoms with Crippen LogP contribution in [-0.4, -0.2) is 25.7 Å². The minimum Gasteiger partial charge on any atom is -0.381 e. The van der Waals surface area contributed by atoms with Crippen molar-refractivity contribution in [2.45, 2.75) is 43.9 Å². The van der Waals surface area contributed by atoms with Gasteiger partial charge in [0.2, 0.25) is 5.91 Å². The largest absolute Gasteiger partial charge is 0.381 e. The third-order valence-electron chi connectivity index (χ3n) is 4.84. The number of carbonyl (C=O) groups is 1. The molecule has 3 rings (SSSR count). The predicted octanol–water partition coefficient (Wildman–Crippen LogP) is 3.80. The molecule has 0 aromatic heterocycles. The van der Waals surface area contributed by atoms with E-state index in [-0.39, 0.29) is 11.3 Å². The van der Waals surface area contributed by atoms with Gasteiger partial charge in [-0.15, -0.1) is 0 Å². The molecule has 2 aliphatic rings. The van der Waals surface area contributed by atoms with Crippen molar-refractivity contribution >= 4 is 21.8 Å². The molecule has 0 bridgehead atoms. The highest BCUT2D eigenvalue weighted by atomic mass is 79.9. The van der Waals surface area contributed by atoms with Crippen LogP contribution in [0.15, 0.2) is 28.7 Å². The van der Waals surface area contributed by atoms with Gasteiger partial charge in [-0.3, -0.25) is 4.79 Å². The van der Waals surface area contributed by atoms with Crippen molar-refractivity contribution in [1.82, 2.24) is 5.32 Å². The van der Waals surface area contributed by atoms with Crippen LogP contribution in [-0.2, 0) is 14.9 Å². The standard InChI is InChI=1S/C18H24BrNO2/c19-16-7-5-15(6-8-16)18(9-1-10-18)17(21)20-11-2-12-22-13-14-3-4-14/h5-8,14H,1-4,9-13H2,(H,20,21). The van der Waals surface area contributed by atoms with Crippen molar-refractivity contribution in [3.8, 4) is 0 Å². The molecule has 0 spiro atoms. The second-order valence-corrected chi connectivity index (χ2v) is 7.49. The first-order chi connectivity index (χ1) is 10.7. The Morgan fingerprint density at radius 3 is 2.59 bits per heavy atom. The molecular formula is C18H24BrNO2. The Labute approximate surface area is 140 Å². The minimum absolute atomic E-state index is 0.184. The lowest BCUT2D eigenvalue weighted by atomic mass is 9.64. The van der Waals surface area contributed by atoms with Crippen LogP contribution in [0.2, 0.25) is 0 Å². The lowest BCUT2D eigenvalue weighted by molar-refractivity contribution is -0.130. The summed E-state index contributed by atoms with van der Waals surface area (Å²) in [6.45, 7) is 2.36. The highest BCUT2D eigenvalue weighted by Gasteiger charge is 2.45. The van der Waals surface area contributed by atoms with E-state index in [1.165, 1.54) is 12.8 Å². The van der Waals surface area contributed by atoms with Crippen molar-refractivity contribution in [2.75, 3.05) is 19.8 Å². The fraction of sp³-hybridized carbons (Fsp3) is 0.611. The molecule has 2 fully saturated rings. The molecule has 0 unspecified atom stereocenters. The molecule has 1 N–H and O–H groups in total. The topological polar surface area (TPSA) is 38.3 Å². The van der Waals surface area contributed by atoms with Crippen molar-refractivity contribution < 1.29 is 9.53 Å². The maximum Gasteiger partial charge on any atom is 0.230 e. The van der Waals surface area contributed by atoms with Crippen LogP contribution in [0.5, 0.6) is 0 Å². The lowest BCUT2D eigenvalue weighted by Gasteiger charge is -2.40. The van der Waals surface area contributed by atoms with Gasteiger partial charge in [0.25, 0.3) is 0 Å². The second-order valence-electron chi connectivity index (χ2n) is 6.57. The smallest absolute Gasteiger partial charge is 0.230 e. The number of carbonyl (C=O) groups excluding carboxylic acids is 1. The van der Waals surface area contributed by atoms with Gasteiger partial charge in [0.15, 0.2) is 0 Å². The number of amides is 1. The molecule has 0 heterocycles. The maximum atomic E-state index is 12.6. The number of ether oxygens (including phenoxy) is 1. The normalized spacial score (nSPS) is 19.5. The first-order valence-electron chi connectivity index (χ1n) is 8.33. The number of hydrogen-bond acceptors (Lipinski definition) is 2. The predicted molar refractivity (Wildman–Crippen MR) is 90.8 cm³/mol. The van der Waals surface area contributed by atoms with Crippen LogP contribution >= 0.6 is 15.9 Å². The molecule has 1 aromatic carbocycles. The molecule has 1 aromatic rings. The molecule has 120 valence electrons. The summed E-state index contributed by atoms with van der Waals surface area (Å²) in [6.07, 6.45) is 6.60. The van der Waals surface area contributed by atoms with E-state index in [0.717, 1.165) is 54.9 Å². The summed E-state index contributed by atoms with van der Waals surface area (Å²) in [5.41, 5.74) is 0.847. The zero-order chi connectivity index (χ0) is 15.4. The SMILES string of the molecule is O=C(NCCCOCC1CC1)C1(c2ccc(Br)cc2)CCC1. The van der Waals surface area contributed by atoms with Gasteiger partial charge in [0.1, 0.15) is 0 Å². The van der Waals surface area contributed by atoms with Gasteiger partial charge in [0, 0.05) is 24.2 Å². The van der Waals surface area contributed by atoms with E-state index < -0.39 is 0 Å². The molecular weight excluding hydrogens is 342 g/mol. The van der Waals surface area contributed by atoms with Gasteiger partial charge >= 0.3 is 0 Å². The molecule has 0 radical (unpaired) electrons. The van der Waals surface area contributed by atoms with Crippen molar-refractivity contribution in [1.29, 1.82) is 0 Å². The van der Waals surface area contributed by atoms with Gasteiger partial charge in [-0.2, -0.15) is 0 Å². The zero-order valence-corrected chi connectivity index (χ0v) is 14.5. The first-order valence-corrected chi connectivity index (χ1v) is 9.12. The third-order valence-corrected chi connectivity index (χ3v) is 5.37. The van der Waals surface area contributed by atoms with E-state index in [1.54, 1.807) is 0 Å². The fourth-order valence-corrected chi connectivity index (χ4v) is 3.29. The summed E-state index contributed by atoms with van der Waals surface area (Å²) in [5.74, 6) is 0.994. The van der Waals surface area contributed by atoms with Crippen LogP contribution in [0.1, 0.15) is 44.1 Å². The van der Waals surface area contributed by atoms with Crippen molar-refractivity contribution in [2.24, 2.45) is 5.92 Å². The zero-order valence-electron chi connectivity index (χ0n) is 12.9. The van der Waals surface area contributed by atoms with Crippen LogP contribution in [0.25, 0.3) is 0 Å². The summed E-state index contributed by atoms with van der Waals surface area (Å²) < 4.78 is 6.66. The van der Waals surface area contributed by atoms with Crippen molar-refractivity contribution in [3.05, 3.63) is 34.3 Å². The summed E-state index contributed by atoms with van der Waals surface area (Å²) in [6, 6.07) is 8.19. The van der Waals surface area contributed by atoms with Gasteiger partial charge in [0.05, 0.1) is 5.41 Å². The average molecular weight is 366 g/mol. The summed E-state index contributed by atoms with van der Waals surface area (Å²) in [7, 11) is 0. The van der Waals surface area contributed by atoms with E-state index in [4.69, 9.17) is 4.74 Å². The van der Waals surface area contributed by atoms with Crippen LogP contribution in [0, 0.1) is 5.92 Å². The second kappa shape index (κ2) is 7.14.